The molecule has 0 bridgehead atoms. The van der Waals surface area contributed by atoms with Gasteiger partial charge in [-0.3, -0.25) is 14.4 Å². The number of alkyl halides is 2. The van der Waals surface area contributed by atoms with Crippen molar-refractivity contribution in [3.05, 3.63) is 47.4 Å². The van der Waals surface area contributed by atoms with E-state index in [1.54, 1.807) is 0 Å². The van der Waals surface area contributed by atoms with Crippen molar-refractivity contribution < 1.29 is 18.3 Å². The number of carbonyl (C=O) groups is 1. The number of aryl methyl sites for hydroxylation is 1. The molecule has 0 aromatic carbocycles. The van der Waals surface area contributed by atoms with Gasteiger partial charge in [-0.1, -0.05) is 6.58 Å². The second-order valence-electron chi connectivity index (χ2n) is 12.7. The molecule has 7 heterocycles. The molecule has 42 heavy (non-hydrogen) atoms. The lowest BCUT2D eigenvalue weighted by atomic mass is 9.84. The van der Waals surface area contributed by atoms with Gasteiger partial charge in [0.05, 0.1) is 24.5 Å². The molecule has 2 aromatic rings. The first-order valence-electron chi connectivity index (χ1n) is 15.5. The molecular weight excluding hydrogens is 540 g/mol. The Labute approximate surface area is 246 Å². The SMILES string of the molecule is C=CC(=O)N1CCN([C@@H]2CN3c4cc(N5CCC6(CC5)OC[C@H](C)n5ncc(C)c56)nc(C(F)F)c4CCC[C@@H]23)CC1. The molecule has 3 atom stereocenters. The van der Waals surface area contributed by atoms with Gasteiger partial charge in [-0.25, -0.2) is 13.8 Å². The minimum atomic E-state index is -2.61. The van der Waals surface area contributed by atoms with Crippen LogP contribution >= 0.6 is 0 Å². The van der Waals surface area contributed by atoms with E-state index in [1.807, 2.05) is 11.1 Å². The fraction of sp³-hybridized carbons (Fsp3) is 0.645. The maximum absolute atomic E-state index is 14.5. The van der Waals surface area contributed by atoms with Gasteiger partial charge in [0.25, 0.3) is 6.43 Å². The zero-order chi connectivity index (χ0) is 29.2. The van der Waals surface area contributed by atoms with Crippen molar-refractivity contribution in [3.63, 3.8) is 0 Å². The molecule has 3 saturated heterocycles. The number of hydrogen-bond acceptors (Lipinski definition) is 7. The monoisotopic (exact) mass is 581 g/mol. The molecule has 9 nitrogen and oxygen atoms in total. The van der Waals surface area contributed by atoms with Crippen molar-refractivity contribution in [2.45, 2.75) is 76.1 Å². The molecular formula is C31H41F2N7O2. The van der Waals surface area contributed by atoms with Gasteiger partial charge in [-0.05, 0) is 57.6 Å². The van der Waals surface area contributed by atoms with Crippen LogP contribution in [0.4, 0.5) is 20.3 Å². The Hall–Kier alpha value is -3.05. The van der Waals surface area contributed by atoms with Gasteiger partial charge in [-0.2, -0.15) is 5.10 Å². The molecule has 7 rings (SSSR count). The van der Waals surface area contributed by atoms with Crippen LogP contribution in [0.5, 0.6) is 0 Å². The second-order valence-corrected chi connectivity index (χ2v) is 12.7. The zero-order valence-electron chi connectivity index (χ0n) is 24.6. The largest absolute Gasteiger partial charge is 0.366 e. The summed E-state index contributed by atoms with van der Waals surface area (Å²) in [4.78, 5) is 25.5. The topological polar surface area (TPSA) is 70.0 Å². The Balaban J connectivity index is 1.11. The molecule has 5 aliphatic heterocycles. The summed E-state index contributed by atoms with van der Waals surface area (Å²) in [5.41, 5.74) is 3.51. The molecule has 0 unspecified atom stereocenters. The van der Waals surface area contributed by atoms with Crippen molar-refractivity contribution in [2.75, 3.05) is 62.2 Å². The third-order valence-corrected chi connectivity index (χ3v) is 10.4. The van der Waals surface area contributed by atoms with Crippen LogP contribution < -0.4 is 9.80 Å². The highest BCUT2D eigenvalue weighted by Gasteiger charge is 2.47. The number of pyridine rings is 1. The Morgan fingerprint density at radius 3 is 2.64 bits per heavy atom. The Bertz CT molecular complexity index is 1360. The normalized spacial score (nSPS) is 27.3. The summed E-state index contributed by atoms with van der Waals surface area (Å²) in [6.45, 7) is 13.7. The van der Waals surface area contributed by atoms with E-state index in [9.17, 15) is 13.6 Å². The number of nitrogens with zero attached hydrogens (tertiary/aromatic N) is 7. The summed E-state index contributed by atoms with van der Waals surface area (Å²) in [6, 6.07) is 2.94. The summed E-state index contributed by atoms with van der Waals surface area (Å²) in [7, 11) is 0. The molecule has 1 amide bonds. The summed E-state index contributed by atoms with van der Waals surface area (Å²) in [5.74, 6) is 0.635. The zero-order valence-corrected chi connectivity index (χ0v) is 24.6. The van der Waals surface area contributed by atoms with Crippen LogP contribution in [0.1, 0.15) is 67.6 Å². The average Bonchev–Trinajstić information content (AvgIpc) is 3.34. The summed E-state index contributed by atoms with van der Waals surface area (Å²) in [6.07, 6.45) is 4.70. The molecule has 0 aliphatic carbocycles. The number of rotatable bonds is 4. The van der Waals surface area contributed by atoms with E-state index in [0.29, 0.717) is 62.7 Å². The Morgan fingerprint density at radius 2 is 1.93 bits per heavy atom. The third kappa shape index (κ3) is 4.42. The van der Waals surface area contributed by atoms with Crippen molar-refractivity contribution >= 4 is 17.4 Å². The lowest BCUT2D eigenvalue weighted by Crippen LogP contribution is -2.69. The smallest absolute Gasteiger partial charge is 0.280 e. The minimum Gasteiger partial charge on any atom is -0.366 e. The van der Waals surface area contributed by atoms with Gasteiger partial charge in [0, 0.05) is 75.2 Å². The van der Waals surface area contributed by atoms with Crippen molar-refractivity contribution in [1.29, 1.82) is 0 Å². The number of halogens is 2. The highest BCUT2D eigenvalue weighted by atomic mass is 19.3. The molecule has 0 saturated carbocycles. The summed E-state index contributed by atoms with van der Waals surface area (Å²) in [5, 5.41) is 4.63. The number of aromatic nitrogens is 3. The van der Waals surface area contributed by atoms with Gasteiger partial charge in [0.2, 0.25) is 5.91 Å². The number of ether oxygens (including phenoxy) is 1. The molecule has 5 aliphatic rings. The van der Waals surface area contributed by atoms with Crippen LogP contribution in [-0.2, 0) is 21.6 Å². The van der Waals surface area contributed by atoms with Gasteiger partial charge < -0.3 is 19.4 Å². The quantitative estimate of drug-likeness (QED) is 0.509. The predicted molar refractivity (Wildman–Crippen MR) is 156 cm³/mol. The number of carbonyl (C=O) groups excluding carboxylic acids is 1. The number of piperidine rings is 1. The van der Waals surface area contributed by atoms with E-state index in [2.05, 4.69) is 56.0 Å². The van der Waals surface area contributed by atoms with Gasteiger partial charge in [-0.15, -0.1) is 0 Å². The Morgan fingerprint density at radius 1 is 1.17 bits per heavy atom. The van der Waals surface area contributed by atoms with Crippen LogP contribution in [-0.4, -0.2) is 95.0 Å². The van der Waals surface area contributed by atoms with Crippen LogP contribution in [0.15, 0.2) is 24.9 Å². The van der Waals surface area contributed by atoms with Crippen LogP contribution in [0.25, 0.3) is 0 Å². The first kappa shape index (κ1) is 27.8. The van der Waals surface area contributed by atoms with E-state index in [4.69, 9.17) is 4.74 Å². The number of hydrogen-bond donors (Lipinski definition) is 0. The molecule has 0 radical (unpaired) electrons. The van der Waals surface area contributed by atoms with E-state index in [0.717, 1.165) is 62.3 Å². The fourth-order valence-electron chi connectivity index (χ4n) is 8.07. The average molecular weight is 582 g/mol. The third-order valence-electron chi connectivity index (χ3n) is 10.4. The number of fused-ring (bicyclic) bond motifs is 5. The molecule has 226 valence electrons. The first-order chi connectivity index (χ1) is 20.3. The minimum absolute atomic E-state index is 0.0122. The van der Waals surface area contributed by atoms with Crippen LogP contribution in [0.2, 0.25) is 0 Å². The lowest BCUT2D eigenvalue weighted by Gasteiger charge is -2.55. The maximum Gasteiger partial charge on any atom is 0.280 e. The van der Waals surface area contributed by atoms with E-state index < -0.39 is 12.0 Å². The summed E-state index contributed by atoms with van der Waals surface area (Å²) >= 11 is 0. The first-order valence-corrected chi connectivity index (χ1v) is 15.5. The van der Waals surface area contributed by atoms with E-state index in [1.165, 1.54) is 6.08 Å². The Kier molecular flexibility index (Phi) is 7.00. The van der Waals surface area contributed by atoms with Crippen LogP contribution in [0.3, 0.4) is 0 Å². The van der Waals surface area contributed by atoms with Crippen molar-refractivity contribution in [3.8, 4) is 0 Å². The second kappa shape index (κ2) is 10.6. The standard InChI is InChI=1S/C31H41F2N7O2/c1-4-27(41)38-14-12-36(13-15-38)25-18-39-23(25)7-5-6-22-24(39)16-26(35-28(22)30(32)33)37-10-8-31(9-11-37)29-20(2)17-34-40(29)21(3)19-42-31/h4,16-17,21,23,25,30H,1,5-15,18-19H2,2-3H3/t21-,23-,25+/m0/s1. The number of piperazine rings is 1. The number of amides is 1. The molecule has 0 N–H and O–H groups in total. The fourth-order valence-corrected chi connectivity index (χ4v) is 8.07. The molecule has 11 heteroatoms. The predicted octanol–water partition coefficient (Wildman–Crippen LogP) is 3.83. The van der Waals surface area contributed by atoms with Crippen LogP contribution in [0, 0.1) is 6.92 Å². The van der Waals surface area contributed by atoms with Crippen molar-refractivity contribution in [1.82, 2.24) is 24.6 Å². The lowest BCUT2D eigenvalue weighted by molar-refractivity contribution is -0.128. The number of anilines is 2. The maximum atomic E-state index is 14.5. The van der Waals surface area contributed by atoms with Gasteiger partial charge in [0.1, 0.15) is 17.1 Å². The van der Waals surface area contributed by atoms with Gasteiger partial charge >= 0.3 is 0 Å². The van der Waals surface area contributed by atoms with Gasteiger partial charge in [0.15, 0.2) is 0 Å². The summed E-state index contributed by atoms with van der Waals surface area (Å²) < 4.78 is 37.6. The highest BCUT2D eigenvalue weighted by Crippen LogP contribution is 2.46. The molecule has 3 fully saturated rings. The highest BCUT2D eigenvalue weighted by molar-refractivity contribution is 5.87. The molecule has 1 spiro atoms. The molecule has 2 aromatic heterocycles. The van der Waals surface area contributed by atoms with E-state index in [-0.39, 0.29) is 17.6 Å². The van der Waals surface area contributed by atoms with Crippen molar-refractivity contribution in [2.24, 2.45) is 0 Å². The van der Waals surface area contributed by atoms with E-state index >= 15 is 0 Å².